The van der Waals surface area contributed by atoms with E-state index in [4.69, 9.17) is 0 Å². The number of aromatic nitrogens is 3. The molecular weight excluding hydrogens is 308 g/mol. The summed E-state index contributed by atoms with van der Waals surface area (Å²) in [5.41, 5.74) is 3.02. The maximum Gasteiger partial charge on any atom is 0.356 e. The van der Waals surface area contributed by atoms with Crippen LogP contribution in [0.15, 0.2) is 18.3 Å². The maximum absolute atomic E-state index is 13.0. The molecule has 4 rings (SSSR count). The Bertz CT molecular complexity index is 838. The summed E-state index contributed by atoms with van der Waals surface area (Å²) in [5, 5.41) is 13.6. The molecule has 0 saturated heterocycles. The van der Waals surface area contributed by atoms with Crippen molar-refractivity contribution in [3.63, 3.8) is 0 Å². The maximum atomic E-state index is 13.0. The van der Waals surface area contributed by atoms with E-state index in [-0.39, 0.29) is 17.5 Å². The van der Waals surface area contributed by atoms with E-state index in [0.29, 0.717) is 30.9 Å². The van der Waals surface area contributed by atoms with Gasteiger partial charge in [-0.1, -0.05) is 6.07 Å². The highest BCUT2D eigenvalue weighted by Gasteiger charge is 2.40. The molecule has 1 aliphatic heterocycles. The molecule has 3 heterocycles. The van der Waals surface area contributed by atoms with E-state index in [9.17, 15) is 14.7 Å². The molecule has 1 saturated carbocycles. The molecule has 1 fully saturated rings. The number of carboxylic acids is 1. The van der Waals surface area contributed by atoms with Crippen molar-refractivity contribution in [2.75, 3.05) is 6.54 Å². The molecule has 7 heteroatoms. The number of hydrogen-bond acceptors (Lipinski definition) is 4. The van der Waals surface area contributed by atoms with Crippen molar-refractivity contribution in [2.24, 2.45) is 0 Å². The van der Waals surface area contributed by atoms with Gasteiger partial charge >= 0.3 is 5.97 Å². The Kier molecular flexibility index (Phi) is 3.37. The van der Waals surface area contributed by atoms with Gasteiger partial charge in [0, 0.05) is 18.3 Å². The molecule has 2 aromatic heterocycles. The summed E-state index contributed by atoms with van der Waals surface area (Å²) >= 11 is 0. The van der Waals surface area contributed by atoms with E-state index in [1.807, 2.05) is 19.1 Å². The van der Waals surface area contributed by atoms with Crippen molar-refractivity contribution >= 4 is 11.9 Å². The summed E-state index contributed by atoms with van der Waals surface area (Å²) in [6.07, 6.45) is 3.57. The van der Waals surface area contributed by atoms with Crippen molar-refractivity contribution in [1.29, 1.82) is 0 Å². The number of fused-ring (bicyclic) bond motifs is 1. The third-order valence-electron chi connectivity index (χ3n) is 4.71. The molecule has 24 heavy (non-hydrogen) atoms. The number of carbonyl (C=O) groups excluding carboxylic acids is 1. The van der Waals surface area contributed by atoms with Crippen molar-refractivity contribution < 1.29 is 14.7 Å². The van der Waals surface area contributed by atoms with Gasteiger partial charge in [0.15, 0.2) is 5.69 Å². The zero-order valence-corrected chi connectivity index (χ0v) is 13.4. The van der Waals surface area contributed by atoms with Gasteiger partial charge in [0.2, 0.25) is 0 Å². The van der Waals surface area contributed by atoms with Crippen molar-refractivity contribution in [3.8, 4) is 0 Å². The molecular formula is C17H18N4O3. The molecule has 124 valence electrons. The van der Waals surface area contributed by atoms with Crippen LogP contribution in [-0.4, -0.2) is 43.2 Å². The minimum atomic E-state index is -1.06. The van der Waals surface area contributed by atoms with Crippen LogP contribution in [0.5, 0.6) is 0 Å². The molecule has 0 spiro atoms. The number of aromatic carboxylic acids is 1. The Morgan fingerprint density at radius 2 is 2.17 bits per heavy atom. The van der Waals surface area contributed by atoms with E-state index in [1.54, 1.807) is 15.8 Å². The first-order chi connectivity index (χ1) is 11.6. The van der Waals surface area contributed by atoms with Crippen LogP contribution in [-0.2, 0) is 13.1 Å². The predicted molar refractivity (Wildman–Crippen MR) is 84.9 cm³/mol. The predicted octanol–water partition coefficient (Wildman–Crippen LogP) is 1.82. The smallest absolute Gasteiger partial charge is 0.356 e. The number of rotatable bonds is 4. The van der Waals surface area contributed by atoms with Crippen molar-refractivity contribution in [3.05, 3.63) is 46.5 Å². The van der Waals surface area contributed by atoms with Crippen molar-refractivity contribution in [2.45, 2.75) is 38.8 Å². The van der Waals surface area contributed by atoms with Gasteiger partial charge in [-0.2, -0.15) is 5.10 Å². The number of pyridine rings is 1. The Morgan fingerprint density at radius 3 is 2.83 bits per heavy atom. The van der Waals surface area contributed by atoms with Crippen LogP contribution < -0.4 is 0 Å². The molecule has 1 aliphatic carbocycles. The summed E-state index contributed by atoms with van der Waals surface area (Å²) < 4.78 is 1.57. The average Bonchev–Trinajstić information content (AvgIpc) is 3.31. The molecule has 0 unspecified atom stereocenters. The lowest BCUT2D eigenvalue weighted by Gasteiger charge is -2.28. The van der Waals surface area contributed by atoms with E-state index in [1.165, 1.54) is 0 Å². The fourth-order valence-corrected chi connectivity index (χ4v) is 3.26. The van der Waals surface area contributed by atoms with Gasteiger partial charge in [-0.25, -0.2) is 4.79 Å². The number of carboxylic acid groups (broad SMARTS) is 1. The largest absolute Gasteiger partial charge is 0.476 e. The van der Waals surface area contributed by atoms with E-state index >= 15 is 0 Å². The molecule has 0 aromatic carbocycles. The quantitative estimate of drug-likeness (QED) is 0.926. The monoisotopic (exact) mass is 326 g/mol. The Labute approximate surface area is 138 Å². The van der Waals surface area contributed by atoms with Crippen LogP contribution in [0.25, 0.3) is 0 Å². The minimum Gasteiger partial charge on any atom is -0.476 e. The first-order valence-electron chi connectivity index (χ1n) is 8.10. The first-order valence-corrected chi connectivity index (χ1v) is 8.10. The standard InChI is InChI=1S/C17H18N4O3/c1-10-3-2-6-18-12(10)9-20-7-8-21-15(16(20)22)13(11-4-5-11)14(19-21)17(23)24/h2-3,6,11H,4-5,7-9H2,1H3,(H,23,24). The third-order valence-corrected chi connectivity index (χ3v) is 4.71. The van der Waals surface area contributed by atoms with Gasteiger partial charge < -0.3 is 10.0 Å². The summed E-state index contributed by atoms with van der Waals surface area (Å²) in [6, 6.07) is 3.84. The van der Waals surface area contributed by atoms with Gasteiger partial charge in [-0.15, -0.1) is 0 Å². The average molecular weight is 326 g/mol. The van der Waals surface area contributed by atoms with Crippen LogP contribution in [0.4, 0.5) is 0 Å². The number of nitrogens with zero attached hydrogens (tertiary/aromatic N) is 4. The van der Waals surface area contributed by atoms with Crippen LogP contribution in [0.2, 0.25) is 0 Å². The lowest BCUT2D eigenvalue weighted by Crippen LogP contribution is -2.40. The van der Waals surface area contributed by atoms with Gasteiger partial charge in [0.25, 0.3) is 5.91 Å². The second-order valence-corrected chi connectivity index (χ2v) is 6.41. The number of amides is 1. The van der Waals surface area contributed by atoms with Gasteiger partial charge in [0.1, 0.15) is 5.69 Å². The molecule has 1 amide bonds. The van der Waals surface area contributed by atoms with E-state index in [0.717, 1.165) is 24.1 Å². The topological polar surface area (TPSA) is 88.3 Å². The normalized spacial score (nSPS) is 17.0. The molecule has 1 N–H and O–H groups in total. The molecule has 2 aromatic rings. The molecule has 0 radical (unpaired) electrons. The van der Waals surface area contributed by atoms with Crippen LogP contribution in [0.3, 0.4) is 0 Å². The molecule has 0 bridgehead atoms. The summed E-state index contributed by atoms with van der Waals surface area (Å²) in [4.78, 5) is 30.5. The highest BCUT2D eigenvalue weighted by molar-refractivity contribution is 5.99. The fraction of sp³-hybridized carbons (Fsp3) is 0.412. The summed E-state index contributed by atoms with van der Waals surface area (Å²) in [7, 11) is 0. The minimum absolute atomic E-state index is 0.0386. The van der Waals surface area contributed by atoms with Crippen LogP contribution >= 0.6 is 0 Å². The highest BCUT2D eigenvalue weighted by atomic mass is 16.4. The summed E-state index contributed by atoms with van der Waals surface area (Å²) in [6.45, 7) is 3.43. The van der Waals surface area contributed by atoms with Gasteiger partial charge in [-0.3, -0.25) is 14.5 Å². The zero-order valence-electron chi connectivity index (χ0n) is 13.4. The zero-order chi connectivity index (χ0) is 16.8. The number of aryl methyl sites for hydroxylation is 1. The highest BCUT2D eigenvalue weighted by Crippen LogP contribution is 2.44. The second-order valence-electron chi connectivity index (χ2n) is 6.41. The van der Waals surface area contributed by atoms with E-state index in [2.05, 4.69) is 10.1 Å². The van der Waals surface area contributed by atoms with Crippen LogP contribution in [0.1, 0.15) is 56.6 Å². The number of carbonyl (C=O) groups is 2. The van der Waals surface area contributed by atoms with Crippen molar-refractivity contribution in [1.82, 2.24) is 19.7 Å². The Hall–Kier alpha value is -2.70. The summed E-state index contributed by atoms with van der Waals surface area (Å²) in [5.74, 6) is -1.05. The number of hydrogen-bond donors (Lipinski definition) is 1. The third kappa shape index (κ3) is 2.36. The lowest BCUT2D eigenvalue weighted by atomic mass is 10.1. The van der Waals surface area contributed by atoms with Gasteiger partial charge in [0.05, 0.1) is 18.8 Å². The van der Waals surface area contributed by atoms with E-state index < -0.39 is 5.97 Å². The van der Waals surface area contributed by atoms with Crippen LogP contribution in [0, 0.1) is 6.92 Å². The lowest BCUT2D eigenvalue weighted by molar-refractivity contribution is 0.0669. The second kappa shape index (κ2) is 5.43. The first kappa shape index (κ1) is 14.9. The van der Waals surface area contributed by atoms with Gasteiger partial charge in [-0.05, 0) is 37.3 Å². The fourth-order valence-electron chi connectivity index (χ4n) is 3.26. The molecule has 7 nitrogen and oxygen atoms in total. The molecule has 0 atom stereocenters. The Balaban J connectivity index is 1.69. The SMILES string of the molecule is Cc1cccnc1CN1CCn2nc(C(=O)O)c(C3CC3)c2C1=O. The Morgan fingerprint density at radius 1 is 1.38 bits per heavy atom. The molecule has 2 aliphatic rings.